The highest BCUT2D eigenvalue weighted by atomic mass is 15.3. The Hall–Kier alpha value is -0.910. The van der Waals surface area contributed by atoms with Crippen molar-refractivity contribution in [3.05, 3.63) is 18.2 Å². The van der Waals surface area contributed by atoms with E-state index in [4.69, 9.17) is 5.84 Å². The van der Waals surface area contributed by atoms with Crippen LogP contribution in [0.5, 0.6) is 0 Å². The summed E-state index contributed by atoms with van der Waals surface area (Å²) in [7, 11) is 4.35. The summed E-state index contributed by atoms with van der Waals surface area (Å²) in [6.07, 6.45) is 9.96. The van der Waals surface area contributed by atoms with Crippen molar-refractivity contribution in [3.8, 4) is 0 Å². The Labute approximate surface area is 128 Å². The number of nitrogens with zero attached hydrogens (tertiary/aromatic N) is 3. The quantitative estimate of drug-likeness (QED) is 0.624. The monoisotopic (exact) mass is 293 g/mol. The van der Waals surface area contributed by atoms with Gasteiger partial charge in [-0.1, -0.05) is 26.7 Å². The number of rotatable bonds is 6. The third-order valence-electron chi connectivity index (χ3n) is 5.07. The largest absolute Gasteiger partial charge is 0.334 e. The van der Waals surface area contributed by atoms with Gasteiger partial charge in [-0.3, -0.25) is 5.84 Å². The smallest absolute Gasteiger partial charge is 0.129 e. The standard InChI is InChI=1S/C16H31N5/c1-5-10-21-11-9-18-15(21)14(19-17)16(20(3)4)8-6-7-13(2)12-16/h9,11,13-14,19H,5-8,10,12,17H2,1-4H3. The summed E-state index contributed by atoms with van der Waals surface area (Å²) < 4.78 is 2.25. The fourth-order valence-corrected chi connectivity index (χ4v) is 3.97. The van der Waals surface area contributed by atoms with Crippen molar-refractivity contribution in [1.29, 1.82) is 0 Å². The summed E-state index contributed by atoms with van der Waals surface area (Å²) in [6.45, 7) is 5.54. The molecule has 3 N–H and O–H groups in total. The highest BCUT2D eigenvalue weighted by Crippen LogP contribution is 2.43. The molecule has 1 aromatic heterocycles. The van der Waals surface area contributed by atoms with Crippen LogP contribution >= 0.6 is 0 Å². The number of likely N-dealkylation sites (N-methyl/N-ethyl adjacent to an activating group) is 1. The number of imidazole rings is 1. The van der Waals surface area contributed by atoms with Gasteiger partial charge in [-0.15, -0.1) is 0 Å². The van der Waals surface area contributed by atoms with Gasteiger partial charge in [0, 0.05) is 24.5 Å². The minimum atomic E-state index is 0.0449. The summed E-state index contributed by atoms with van der Waals surface area (Å²) in [4.78, 5) is 6.99. The molecule has 5 heteroatoms. The highest BCUT2D eigenvalue weighted by molar-refractivity contribution is 5.12. The average molecular weight is 293 g/mol. The zero-order valence-corrected chi connectivity index (χ0v) is 14.0. The molecular weight excluding hydrogens is 262 g/mol. The van der Waals surface area contributed by atoms with Gasteiger partial charge in [0.2, 0.25) is 0 Å². The van der Waals surface area contributed by atoms with Gasteiger partial charge >= 0.3 is 0 Å². The Kier molecular flexibility index (Phi) is 5.41. The number of nitrogens with two attached hydrogens (primary N) is 1. The number of aromatic nitrogens is 2. The van der Waals surface area contributed by atoms with E-state index >= 15 is 0 Å². The van der Waals surface area contributed by atoms with Crippen molar-refractivity contribution in [1.82, 2.24) is 19.9 Å². The summed E-state index contributed by atoms with van der Waals surface area (Å²) in [5.41, 5.74) is 3.14. The molecule has 0 amide bonds. The van der Waals surface area contributed by atoms with E-state index < -0.39 is 0 Å². The van der Waals surface area contributed by atoms with Gasteiger partial charge in [-0.05, 0) is 39.3 Å². The van der Waals surface area contributed by atoms with Crippen LogP contribution in [0.4, 0.5) is 0 Å². The van der Waals surface area contributed by atoms with Crippen LogP contribution in [-0.2, 0) is 6.54 Å². The van der Waals surface area contributed by atoms with E-state index in [-0.39, 0.29) is 11.6 Å². The molecule has 3 atom stereocenters. The van der Waals surface area contributed by atoms with Gasteiger partial charge in [0.1, 0.15) is 5.82 Å². The van der Waals surface area contributed by atoms with Crippen molar-refractivity contribution >= 4 is 0 Å². The Morgan fingerprint density at radius 3 is 2.90 bits per heavy atom. The summed E-state index contributed by atoms with van der Waals surface area (Å²) >= 11 is 0. The lowest BCUT2D eigenvalue weighted by molar-refractivity contribution is 0.0324. The summed E-state index contributed by atoms with van der Waals surface area (Å²) in [5, 5.41) is 0. The van der Waals surface area contributed by atoms with Crippen LogP contribution in [0.3, 0.4) is 0 Å². The maximum atomic E-state index is 6.00. The Morgan fingerprint density at radius 2 is 2.33 bits per heavy atom. The Balaban J connectivity index is 2.38. The molecule has 1 aromatic rings. The van der Waals surface area contributed by atoms with Gasteiger partial charge in [-0.25, -0.2) is 10.4 Å². The summed E-state index contributed by atoms with van der Waals surface area (Å²) in [6, 6.07) is 0.0665. The molecule has 21 heavy (non-hydrogen) atoms. The number of hydrogen-bond acceptors (Lipinski definition) is 4. The second kappa shape index (κ2) is 6.90. The molecule has 1 heterocycles. The lowest BCUT2D eigenvalue weighted by Gasteiger charge is -2.49. The lowest BCUT2D eigenvalue weighted by atomic mass is 9.71. The number of hydrazine groups is 1. The molecular formula is C16H31N5. The SMILES string of the molecule is CCCn1ccnc1C(NN)C1(N(C)C)CCCC(C)C1. The predicted molar refractivity (Wildman–Crippen MR) is 86.6 cm³/mol. The molecule has 3 unspecified atom stereocenters. The van der Waals surface area contributed by atoms with Crippen LogP contribution in [0.1, 0.15) is 57.8 Å². The third-order valence-corrected chi connectivity index (χ3v) is 5.07. The third kappa shape index (κ3) is 3.15. The second-order valence-electron chi connectivity index (χ2n) is 6.78. The zero-order valence-electron chi connectivity index (χ0n) is 14.0. The molecule has 0 spiro atoms. The van der Waals surface area contributed by atoms with Gasteiger partial charge in [-0.2, -0.15) is 0 Å². The first kappa shape index (κ1) is 16.5. The molecule has 1 saturated carbocycles. The van der Waals surface area contributed by atoms with Crippen LogP contribution in [0.2, 0.25) is 0 Å². The minimum Gasteiger partial charge on any atom is -0.334 e. The van der Waals surface area contributed by atoms with E-state index in [1.165, 1.54) is 12.8 Å². The minimum absolute atomic E-state index is 0.0449. The van der Waals surface area contributed by atoms with Gasteiger partial charge < -0.3 is 9.47 Å². The van der Waals surface area contributed by atoms with E-state index in [1.807, 2.05) is 6.20 Å². The fraction of sp³-hybridized carbons (Fsp3) is 0.812. The Morgan fingerprint density at radius 1 is 1.57 bits per heavy atom. The van der Waals surface area contributed by atoms with Crippen LogP contribution in [0.25, 0.3) is 0 Å². The molecule has 0 aromatic carbocycles. The molecule has 0 radical (unpaired) electrons. The van der Waals surface area contributed by atoms with Gasteiger partial charge in [0.25, 0.3) is 0 Å². The van der Waals surface area contributed by atoms with Gasteiger partial charge in [0.15, 0.2) is 0 Å². The van der Waals surface area contributed by atoms with E-state index in [0.717, 1.165) is 37.5 Å². The topological polar surface area (TPSA) is 59.1 Å². The lowest BCUT2D eigenvalue weighted by Crippen LogP contribution is -2.58. The van der Waals surface area contributed by atoms with Crippen LogP contribution in [0.15, 0.2) is 12.4 Å². The van der Waals surface area contributed by atoms with Crippen molar-refractivity contribution in [2.75, 3.05) is 14.1 Å². The maximum Gasteiger partial charge on any atom is 0.129 e. The van der Waals surface area contributed by atoms with E-state index in [9.17, 15) is 0 Å². The zero-order chi connectivity index (χ0) is 15.5. The normalized spacial score (nSPS) is 28.0. The molecule has 120 valence electrons. The van der Waals surface area contributed by atoms with Crippen molar-refractivity contribution < 1.29 is 0 Å². The first-order chi connectivity index (χ1) is 10.0. The van der Waals surface area contributed by atoms with E-state index in [2.05, 4.69) is 54.0 Å². The molecule has 5 nitrogen and oxygen atoms in total. The van der Waals surface area contributed by atoms with Gasteiger partial charge in [0.05, 0.1) is 6.04 Å². The first-order valence-electron chi connectivity index (χ1n) is 8.19. The first-order valence-corrected chi connectivity index (χ1v) is 8.19. The summed E-state index contributed by atoms with van der Waals surface area (Å²) in [5.74, 6) is 7.80. The number of aryl methyl sites for hydroxylation is 1. The van der Waals surface area contributed by atoms with E-state index in [1.54, 1.807) is 0 Å². The Bertz CT molecular complexity index is 442. The van der Waals surface area contributed by atoms with Crippen LogP contribution in [0, 0.1) is 5.92 Å². The predicted octanol–water partition coefficient (Wildman–Crippen LogP) is 2.31. The van der Waals surface area contributed by atoms with Crippen molar-refractivity contribution in [2.24, 2.45) is 11.8 Å². The molecule has 0 aliphatic heterocycles. The molecule has 2 rings (SSSR count). The molecule has 1 aliphatic rings. The molecule has 1 fully saturated rings. The van der Waals surface area contributed by atoms with Crippen molar-refractivity contribution in [3.63, 3.8) is 0 Å². The van der Waals surface area contributed by atoms with Crippen LogP contribution < -0.4 is 11.3 Å². The van der Waals surface area contributed by atoms with Crippen LogP contribution in [-0.4, -0.2) is 34.1 Å². The van der Waals surface area contributed by atoms with E-state index in [0.29, 0.717) is 0 Å². The molecule has 1 aliphatic carbocycles. The number of nitrogens with one attached hydrogen (secondary N) is 1. The molecule has 0 saturated heterocycles. The highest BCUT2D eigenvalue weighted by Gasteiger charge is 2.45. The second-order valence-corrected chi connectivity index (χ2v) is 6.78. The molecule has 0 bridgehead atoms. The van der Waals surface area contributed by atoms with Crippen molar-refractivity contribution in [2.45, 2.75) is 64.1 Å². The maximum absolute atomic E-state index is 6.00. The number of hydrogen-bond donors (Lipinski definition) is 2. The average Bonchev–Trinajstić information content (AvgIpc) is 2.88. The fourth-order valence-electron chi connectivity index (χ4n) is 3.97.